The minimum atomic E-state index is -3.40. The molecule has 0 aromatic heterocycles. The zero-order valence-electron chi connectivity index (χ0n) is 10.5. The molecule has 1 saturated heterocycles. The highest BCUT2D eigenvalue weighted by atomic mass is 32.2. The number of nitrogens with zero attached hydrogens (tertiary/aromatic N) is 1. The normalized spacial score (nSPS) is 16.2. The van der Waals surface area contributed by atoms with Crippen molar-refractivity contribution in [2.45, 2.75) is 11.3 Å². The van der Waals surface area contributed by atoms with Gasteiger partial charge in [-0.15, -0.1) is 0 Å². The first-order valence-electron chi connectivity index (χ1n) is 5.93. The van der Waals surface area contributed by atoms with Gasteiger partial charge in [-0.25, -0.2) is 13.1 Å². The van der Waals surface area contributed by atoms with Crippen LogP contribution in [0.5, 0.6) is 0 Å². The summed E-state index contributed by atoms with van der Waals surface area (Å²) >= 11 is 0. The van der Waals surface area contributed by atoms with E-state index in [1.54, 1.807) is 24.3 Å². The number of rotatable bonds is 5. The summed E-state index contributed by atoms with van der Waals surface area (Å²) in [7, 11) is -2.03. The number of carboxylic acid groups (broad SMARTS) is 1. The maximum absolute atomic E-state index is 11.5. The Morgan fingerprint density at radius 1 is 1.37 bits per heavy atom. The smallest absolute Gasteiger partial charge is 0.303 e. The molecule has 0 atom stereocenters. The number of carbonyl (C=O) groups is 1. The van der Waals surface area contributed by atoms with Crippen LogP contribution in [0.2, 0.25) is 0 Å². The molecule has 19 heavy (non-hydrogen) atoms. The number of aliphatic carboxylic acids is 1. The van der Waals surface area contributed by atoms with Crippen LogP contribution in [0.4, 0.5) is 5.69 Å². The Bertz CT molecular complexity index is 562. The molecule has 0 spiro atoms. The zero-order chi connectivity index (χ0) is 14.0. The van der Waals surface area contributed by atoms with Crippen molar-refractivity contribution in [2.24, 2.45) is 5.92 Å². The molecule has 0 radical (unpaired) electrons. The van der Waals surface area contributed by atoms with Crippen molar-refractivity contribution < 1.29 is 18.3 Å². The van der Waals surface area contributed by atoms with E-state index in [-0.39, 0.29) is 17.2 Å². The molecule has 104 valence electrons. The molecule has 1 aliphatic heterocycles. The van der Waals surface area contributed by atoms with Gasteiger partial charge in [-0.1, -0.05) is 0 Å². The van der Waals surface area contributed by atoms with Crippen molar-refractivity contribution in [1.29, 1.82) is 0 Å². The third-order valence-electron chi connectivity index (χ3n) is 3.20. The molecule has 0 saturated carbocycles. The van der Waals surface area contributed by atoms with E-state index in [4.69, 9.17) is 5.11 Å². The van der Waals surface area contributed by atoms with Crippen molar-refractivity contribution in [2.75, 3.05) is 25.0 Å². The summed E-state index contributed by atoms with van der Waals surface area (Å²) < 4.78 is 25.4. The second kappa shape index (κ2) is 5.18. The van der Waals surface area contributed by atoms with E-state index in [2.05, 4.69) is 4.72 Å². The number of anilines is 1. The van der Waals surface area contributed by atoms with Crippen molar-refractivity contribution >= 4 is 21.7 Å². The number of nitrogens with one attached hydrogen (secondary N) is 1. The molecule has 2 rings (SSSR count). The molecule has 0 amide bonds. The highest BCUT2D eigenvalue weighted by Crippen LogP contribution is 2.27. The predicted octanol–water partition coefficient (Wildman–Crippen LogP) is 0.506. The number of benzene rings is 1. The molecule has 1 heterocycles. The lowest BCUT2D eigenvalue weighted by Gasteiger charge is -2.40. The van der Waals surface area contributed by atoms with Crippen LogP contribution < -0.4 is 9.62 Å². The molecule has 6 nitrogen and oxygen atoms in total. The van der Waals surface area contributed by atoms with Crippen molar-refractivity contribution in [3.63, 3.8) is 0 Å². The molecule has 0 aliphatic carbocycles. The van der Waals surface area contributed by atoms with Crippen LogP contribution in [-0.4, -0.2) is 39.6 Å². The molecule has 7 heteroatoms. The average Bonchev–Trinajstić information content (AvgIpc) is 2.33. The number of hydrogen-bond donors (Lipinski definition) is 2. The van der Waals surface area contributed by atoms with Gasteiger partial charge >= 0.3 is 5.97 Å². The van der Waals surface area contributed by atoms with Crippen LogP contribution in [0.15, 0.2) is 29.2 Å². The summed E-state index contributed by atoms with van der Waals surface area (Å²) in [5, 5.41) is 8.67. The quantitative estimate of drug-likeness (QED) is 0.822. The molecule has 1 aliphatic rings. The molecule has 2 N–H and O–H groups in total. The van der Waals surface area contributed by atoms with Crippen molar-refractivity contribution in [3.8, 4) is 0 Å². The molecular weight excluding hydrogens is 268 g/mol. The Kier molecular flexibility index (Phi) is 3.77. The summed E-state index contributed by atoms with van der Waals surface area (Å²) in [6, 6.07) is 6.57. The van der Waals surface area contributed by atoms with E-state index in [1.807, 2.05) is 4.90 Å². The lowest BCUT2D eigenvalue weighted by molar-refractivity contribution is -0.138. The van der Waals surface area contributed by atoms with Crippen LogP contribution in [0.3, 0.4) is 0 Å². The van der Waals surface area contributed by atoms with Crippen molar-refractivity contribution in [1.82, 2.24) is 4.72 Å². The van der Waals surface area contributed by atoms with E-state index in [0.29, 0.717) is 13.1 Å². The SMILES string of the molecule is CNS(=O)(=O)c1ccc(N2CC(CC(=O)O)C2)cc1. The minimum absolute atomic E-state index is 0.179. The van der Waals surface area contributed by atoms with Gasteiger partial charge in [0.25, 0.3) is 0 Å². The summed E-state index contributed by atoms with van der Waals surface area (Å²) in [5.74, 6) is -0.599. The maximum Gasteiger partial charge on any atom is 0.303 e. The zero-order valence-corrected chi connectivity index (χ0v) is 11.4. The third-order valence-corrected chi connectivity index (χ3v) is 4.63. The Balaban J connectivity index is 2.00. The van der Waals surface area contributed by atoms with Gasteiger partial charge < -0.3 is 10.0 Å². The van der Waals surface area contributed by atoms with E-state index >= 15 is 0 Å². The molecule has 1 aromatic carbocycles. The summed E-state index contributed by atoms with van der Waals surface area (Å²) in [4.78, 5) is 12.8. The number of sulfonamides is 1. The van der Waals surface area contributed by atoms with Crippen molar-refractivity contribution in [3.05, 3.63) is 24.3 Å². The van der Waals surface area contributed by atoms with Gasteiger partial charge in [0, 0.05) is 24.7 Å². The number of hydrogen-bond acceptors (Lipinski definition) is 4. The van der Waals surface area contributed by atoms with Crippen LogP contribution in [-0.2, 0) is 14.8 Å². The maximum atomic E-state index is 11.5. The van der Waals surface area contributed by atoms with Crippen LogP contribution in [0.25, 0.3) is 0 Å². The van der Waals surface area contributed by atoms with E-state index in [1.165, 1.54) is 7.05 Å². The summed E-state index contributed by atoms with van der Waals surface area (Å²) in [6.45, 7) is 1.40. The van der Waals surface area contributed by atoms with Crippen LogP contribution in [0, 0.1) is 5.92 Å². The summed E-state index contributed by atoms with van der Waals surface area (Å²) in [5.41, 5.74) is 0.914. The highest BCUT2D eigenvalue weighted by Gasteiger charge is 2.28. The molecule has 1 fully saturated rings. The Labute approximate surface area is 112 Å². The lowest BCUT2D eigenvalue weighted by atomic mass is 9.96. The fourth-order valence-corrected chi connectivity index (χ4v) is 2.84. The fourth-order valence-electron chi connectivity index (χ4n) is 2.11. The van der Waals surface area contributed by atoms with E-state index < -0.39 is 16.0 Å². The van der Waals surface area contributed by atoms with Gasteiger partial charge in [-0.2, -0.15) is 0 Å². The van der Waals surface area contributed by atoms with Gasteiger partial charge in [0.15, 0.2) is 0 Å². The van der Waals surface area contributed by atoms with Gasteiger partial charge in [0.2, 0.25) is 10.0 Å². The topological polar surface area (TPSA) is 86.7 Å². The highest BCUT2D eigenvalue weighted by molar-refractivity contribution is 7.89. The Morgan fingerprint density at radius 2 is 1.95 bits per heavy atom. The van der Waals surface area contributed by atoms with Gasteiger partial charge in [0.05, 0.1) is 11.3 Å². The molecular formula is C12H16N2O4S. The largest absolute Gasteiger partial charge is 0.481 e. The van der Waals surface area contributed by atoms with Gasteiger partial charge in [-0.05, 0) is 31.3 Å². The van der Waals surface area contributed by atoms with Gasteiger partial charge in [0.1, 0.15) is 0 Å². The molecule has 0 bridgehead atoms. The Morgan fingerprint density at radius 3 is 2.42 bits per heavy atom. The standard InChI is InChI=1S/C12H16N2O4S/c1-13-19(17,18)11-4-2-10(3-5-11)14-7-9(8-14)6-12(15)16/h2-5,9,13H,6-8H2,1H3,(H,15,16). The average molecular weight is 284 g/mol. The van der Waals surface area contributed by atoms with E-state index in [9.17, 15) is 13.2 Å². The molecule has 0 unspecified atom stereocenters. The van der Waals surface area contributed by atoms with Crippen LogP contribution in [0.1, 0.15) is 6.42 Å². The fraction of sp³-hybridized carbons (Fsp3) is 0.417. The minimum Gasteiger partial charge on any atom is -0.481 e. The second-order valence-corrected chi connectivity index (χ2v) is 6.46. The van der Waals surface area contributed by atoms with Gasteiger partial charge in [-0.3, -0.25) is 4.79 Å². The monoisotopic (exact) mass is 284 g/mol. The number of carboxylic acids is 1. The van der Waals surface area contributed by atoms with Crippen LogP contribution >= 0.6 is 0 Å². The first-order valence-corrected chi connectivity index (χ1v) is 7.41. The first kappa shape index (κ1) is 13.8. The first-order chi connectivity index (χ1) is 8.92. The molecule has 1 aromatic rings. The Hall–Kier alpha value is -1.60. The third kappa shape index (κ3) is 3.05. The predicted molar refractivity (Wildman–Crippen MR) is 70.6 cm³/mol. The van der Waals surface area contributed by atoms with E-state index in [0.717, 1.165) is 5.69 Å². The second-order valence-electron chi connectivity index (χ2n) is 4.57. The summed E-state index contributed by atoms with van der Waals surface area (Å²) in [6.07, 6.45) is 0.183. The lowest BCUT2D eigenvalue weighted by Crippen LogP contribution is -2.47.